The largest absolute Gasteiger partial charge is 0.347 e. The van der Waals surface area contributed by atoms with E-state index in [1.54, 1.807) is 6.08 Å². The van der Waals surface area contributed by atoms with Crippen LogP contribution in [0.25, 0.3) is 0 Å². The molecule has 1 aliphatic heterocycles. The Morgan fingerprint density at radius 2 is 1.82 bits per heavy atom. The summed E-state index contributed by atoms with van der Waals surface area (Å²) >= 11 is 0. The topological polar surface area (TPSA) is 52.6 Å². The molecule has 0 aromatic heterocycles. The molecule has 5 rings (SSSR count). The molecule has 5 atom stereocenters. The Kier molecular flexibility index (Phi) is 2.18. The zero-order chi connectivity index (χ0) is 15.4. The number of rotatable bonds is 0. The fourth-order valence-corrected chi connectivity index (χ4v) is 6.87. The van der Waals surface area contributed by atoms with E-state index in [4.69, 9.17) is 9.47 Å². The molecule has 5 aliphatic rings. The Labute approximate surface area is 130 Å². The van der Waals surface area contributed by atoms with Gasteiger partial charge in [-0.1, -0.05) is 19.9 Å². The second-order valence-electron chi connectivity index (χ2n) is 8.45. The number of hydrogen-bond acceptors (Lipinski definition) is 4. The van der Waals surface area contributed by atoms with E-state index in [1.807, 2.05) is 0 Å². The van der Waals surface area contributed by atoms with Gasteiger partial charge >= 0.3 is 0 Å². The minimum atomic E-state index is -0.627. The monoisotopic (exact) mass is 302 g/mol. The Morgan fingerprint density at radius 3 is 2.55 bits per heavy atom. The van der Waals surface area contributed by atoms with Crippen molar-refractivity contribution in [1.82, 2.24) is 0 Å². The standard InChI is InChI=1S/C18H22O4/c1-15-8-12(20)7-14(15)17-9-11(19)3-4-13(17)16(17,2)10-18(15)21-5-6-22-18/h3-4,13-14H,5-10H2,1-2H3/t13-,14-,15+,16-,17-/m0/s1. The summed E-state index contributed by atoms with van der Waals surface area (Å²) in [5.74, 6) is 0.476. The predicted molar refractivity (Wildman–Crippen MR) is 77.9 cm³/mol. The van der Waals surface area contributed by atoms with Crippen molar-refractivity contribution in [2.45, 2.75) is 45.3 Å². The molecule has 2 spiro atoms. The minimum Gasteiger partial charge on any atom is -0.347 e. The summed E-state index contributed by atoms with van der Waals surface area (Å²) in [4.78, 5) is 24.5. The molecule has 4 nitrogen and oxygen atoms in total. The molecule has 1 heterocycles. The third kappa shape index (κ3) is 1.16. The number of ketones is 2. The van der Waals surface area contributed by atoms with Crippen LogP contribution < -0.4 is 0 Å². The maximum atomic E-state index is 12.4. The first-order valence-corrected chi connectivity index (χ1v) is 8.39. The highest BCUT2D eigenvalue weighted by molar-refractivity contribution is 5.93. The van der Waals surface area contributed by atoms with Gasteiger partial charge in [-0.2, -0.15) is 0 Å². The number of hydrogen-bond donors (Lipinski definition) is 0. The van der Waals surface area contributed by atoms with E-state index in [9.17, 15) is 9.59 Å². The van der Waals surface area contributed by atoms with Crippen LogP contribution >= 0.6 is 0 Å². The molecule has 0 amide bonds. The summed E-state index contributed by atoms with van der Waals surface area (Å²) in [6.45, 7) is 5.66. The lowest BCUT2D eigenvalue weighted by Crippen LogP contribution is -2.57. The molecule has 118 valence electrons. The number of carbonyl (C=O) groups is 2. The van der Waals surface area contributed by atoms with Crippen molar-refractivity contribution in [3.8, 4) is 0 Å². The van der Waals surface area contributed by atoms with Gasteiger partial charge in [0.1, 0.15) is 5.78 Å². The molecule has 22 heavy (non-hydrogen) atoms. The van der Waals surface area contributed by atoms with E-state index in [0.717, 1.165) is 6.42 Å². The highest BCUT2D eigenvalue weighted by Crippen LogP contribution is 2.86. The van der Waals surface area contributed by atoms with Crippen molar-refractivity contribution >= 4 is 11.6 Å². The molecule has 0 aromatic rings. The van der Waals surface area contributed by atoms with Crippen LogP contribution in [0.2, 0.25) is 0 Å². The van der Waals surface area contributed by atoms with Crippen LogP contribution in [0.1, 0.15) is 39.5 Å². The van der Waals surface area contributed by atoms with E-state index in [1.165, 1.54) is 0 Å². The normalized spacial score (nSPS) is 54.3. The van der Waals surface area contributed by atoms with Gasteiger partial charge in [0.05, 0.1) is 13.2 Å². The maximum Gasteiger partial charge on any atom is 0.175 e. The van der Waals surface area contributed by atoms with Gasteiger partial charge in [0.25, 0.3) is 0 Å². The summed E-state index contributed by atoms with van der Waals surface area (Å²) in [6, 6.07) is 0. The zero-order valence-electron chi connectivity index (χ0n) is 13.2. The first-order valence-electron chi connectivity index (χ1n) is 8.39. The van der Waals surface area contributed by atoms with E-state index >= 15 is 0 Å². The molecule has 0 radical (unpaired) electrons. The Morgan fingerprint density at radius 1 is 1.09 bits per heavy atom. The molecule has 4 heteroatoms. The Bertz CT molecular complexity index is 631. The lowest BCUT2D eigenvalue weighted by molar-refractivity contribution is -0.280. The second kappa shape index (κ2) is 3.57. The average molecular weight is 302 g/mol. The van der Waals surface area contributed by atoms with Crippen molar-refractivity contribution < 1.29 is 19.1 Å². The van der Waals surface area contributed by atoms with E-state index in [2.05, 4.69) is 19.9 Å². The summed E-state index contributed by atoms with van der Waals surface area (Å²) < 4.78 is 12.3. The fraction of sp³-hybridized carbons (Fsp3) is 0.778. The van der Waals surface area contributed by atoms with Gasteiger partial charge in [0, 0.05) is 31.1 Å². The van der Waals surface area contributed by atoms with Crippen molar-refractivity contribution in [3.63, 3.8) is 0 Å². The smallest absolute Gasteiger partial charge is 0.175 e. The Hall–Kier alpha value is -1.00. The van der Waals surface area contributed by atoms with Gasteiger partial charge in [0.2, 0.25) is 0 Å². The van der Waals surface area contributed by atoms with Crippen LogP contribution in [0.15, 0.2) is 12.2 Å². The number of allylic oxidation sites excluding steroid dienone is 2. The lowest BCUT2D eigenvalue weighted by atomic mass is 9.56. The van der Waals surface area contributed by atoms with Crippen LogP contribution in [0.3, 0.4) is 0 Å². The van der Waals surface area contributed by atoms with Crippen molar-refractivity contribution in [1.29, 1.82) is 0 Å². The quantitative estimate of drug-likeness (QED) is 0.689. The van der Waals surface area contributed by atoms with Gasteiger partial charge in [-0.3, -0.25) is 9.59 Å². The molecule has 1 saturated heterocycles. The number of Topliss-reactive ketones (excluding diaryl/α,β-unsaturated/α-hetero) is 1. The zero-order valence-corrected chi connectivity index (χ0v) is 13.2. The molecule has 0 aromatic carbocycles. The SMILES string of the molecule is C[C@@]12CC3(OCCO3)[C@]3(C)CC(=O)C[C@@H]3[C@@]13CC(=O)C=C[C@H]32. The van der Waals surface area contributed by atoms with Gasteiger partial charge in [-0.15, -0.1) is 0 Å². The predicted octanol–water partition coefficient (Wildman–Crippen LogP) is 2.27. The van der Waals surface area contributed by atoms with Crippen LogP contribution in [0.4, 0.5) is 0 Å². The summed E-state index contributed by atoms with van der Waals surface area (Å²) in [7, 11) is 0. The molecular weight excluding hydrogens is 280 g/mol. The van der Waals surface area contributed by atoms with Gasteiger partial charge in [-0.05, 0) is 28.7 Å². The van der Waals surface area contributed by atoms with Crippen molar-refractivity contribution in [2.75, 3.05) is 13.2 Å². The number of carbonyl (C=O) groups excluding carboxylic acids is 2. The average Bonchev–Trinajstić information content (AvgIpc) is 2.82. The molecule has 4 aliphatic carbocycles. The van der Waals surface area contributed by atoms with E-state index in [-0.39, 0.29) is 27.9 Å². The lowest BCUT2D eigenvalue weighted by Gasteiger charge is -2.54. The van der Waals surface area contributed by atoms with Gasteiger partial charge in [0.15, 0.2) is 11.6 Å². The molecule has 0 bridgehead atoms. The van der Waals surface area contributed by atoms with E-state index < -0.39 is 5.79 Å². The second-order valence-corrected chi connectivity index (χ2v) is 8.45. The molecule has 0 unspecified atom stereocenters. The molecular formula is C18H22O4. The van der Waals surface area contributed by atoms with Crippen LogP contribution in [0.5, 0.6) is 0 Å². The van der Waals surface area contributed by atoms with Gasteiger partial charge < -0.3 is 9.47 Å². The van der Waals surface area contributed by atoms with Crippen molar-refractivity contribution in [3.05, 3.63) is 12.2 Å². The van der Waals surface area contributed by atoms with Crippen LogP contribution in [0, 0.1) is 28.1 Å². The first-order chi connectivity index (χ1) is 10.4. The van der Waals surface area contributed by atoms with Crippen LogP contribution in [-0.2, 0) is 19.1 Å². The fourth-order valence-electron chi connectivity index (χ4n) is 6.87. The maximum absolute atomic E-state index is 12.4. The van der Waals surface area contributed by atoms with E-state index in [0.29, 0.717) is 44.2 Å². The molecule has 4 fully saturated rings. The number of ether oxygens (including phenoxy) is 2. The number of fused-ring (bicyclic) bond motifs is 3. The van der Waals surface area contributed by atoms with Gasteiger partial charge in [-0.25, -0.2) is 0 Å². The highest BCUT2D eigenvalue weighted by atomic mass is 16.7. The molecule has 3 saturated carbocycles. The van der Waals surface area contributed by atoms with Crippen LogP contribution in [-0.4, -0.2) is 30.6 Å². The summed E-state index contributed by atoms with van der Waals surface area (Å²) in [5, 5.41) is 0. The first kappa shape index (κ1) is 13.4. The van der Waals surface area contributed by atoms with Crippen molar-refractivity contribution in [2.24, 2.45) is 28.1 Å². The molecule has 0 N–H and O–H groups in total. The highest BCUT2D eigenvalue weighted by Gasteiger charge is 2.86. The summed E-state index contributed by atoms with van der Waals surface area (Å²) in [6.07, 6.45) is 6.36. The Balaban J connectivity index is 1.70. The minimum absolute atomic E-state index is 0.0226. The third-order valence-corrected chi connectivity index (χ3v) is 7.77. The summed E-state index contributed by atoms with van der Waals surface area (Å²) in [5.41, 5.74) is -0.310. The third-order valence-electron chi connectivity index (χ3n) is 7.77.